The molecule has 7 nitrogen and oxygen atoms in total. The van der Waals surface area contributed by atoms with Crippen LogP contribution in [0.2, 0.25) is 0 Å². The lowest BCUT2D eigenvalue weighted by Gasteiger charge is -2.19. The van der Waals surface area contributed by atoms with Gasteiger partial charge in [-0.3, -0.25) is 9.59 Å². The zero-order chi connectivity index (χ0) is 19.4. The number of aryl methyl sites for hydroxylation is 1. The van der Waals surface area contributed by atoms with Crippen molar-refractivity contribution >= 4 is 33.1 Å². The summed E-state index contributed by atoms with van der Waals surface area (Å²) in [7, 11) is -3.20. The fourth-order valence-electron chi connectivity index (χ4n) is 3.33. The van der Waals surface area contributed by atoms with Crippen LogP contribution in [-0.4, -0.2) is 45.7 Å². The van der Waals surface area contributed by atoms with Crippen molar-refractivity contribution in [2.24, 2.45) is 5.92 Å². The van der Waals surface area contributed by atoms with Crippen LogP contribution < -0.4 is 10.2 Å². The highest BCUT2D eigenvalue weighted by molar-refractivity contribution is 7.94. The molecule has 3 rings (SSSR count). The van der Waals surface area contributed by atoms with Crippen molar-refractivity contribution in [1.29, 1.82) is 0 Å². The zero-order valence-corrected chi connectivity index (χ0v) is 16.1. The van der Waals surface area contributed by atoms with Crippen LogP contribution in [0.3, 0.4) is 0 Å². The van der Waals surface area contributed by atoms with E-state index in [0.717, 1.165) is 29.7 Å². The quantitative estimate of drug-likeness (QED) is 0.745. The van der Waals surface area contributed by atoms with Gasteiger partial charge >= 0.3 is 5.97 Å². The Bertz CT molecular complexity index is 857. The van der Waals surface area contributed by atoms with Crippen molar-refractivity contribution in [3.05, 3.63) is 35.2 Å². The van der Waals surface area contributed by atoms with Gasteiger partial charge in [-0.2, -0.15) is 0 Å². The van der Waals surface area contributed by atoms with Gasteiger partial charge in [-0.25, -0.2) is 8.42 Å². The van der Waals surface area contributed by atoms with Gasteiger partial charge in [-0.1, -0.05) is 6.08 Å². The SMILES string of the molecule is Cc1cc(N2CCCC2)ccc1NC(=O)COC(=O)CC1C=CS(=O)(=O)C1. The Morgan fingerprint density at radius 2 is 2.00 bits per heavy atom. The third-order valence-corrected chi connectivity index (χ3v) is 6.22. The van der Waals surface area contributed by atoms with Crippen molar-refractivity contribution < 1.29 is 22.7 Å². The second-order valence-electron chi connectivity index (χ2n) is 7.02. The number of ether oxygens (including phenoxy) is 1. The number of amides is 1. The van der Waals surface area contributed by atoms with Gasteiger partial charge in [0, 0.05) is 35.8 Å². The van der Waals surface area contributed by atoms with Gasteiger partial charge in [0.15, 0.2) is 16.4 Å². The van der Waals surface area contributed by atoms with Crippen LogP contribution >= 0.6 is 0 Å². The maximum Gasteiger partial charge on any atom is 0.306 e. The Labute approximate surface area is 159 Å². The first-order chi connectivity index (χ1) is 12.8. The van der Waals surface area contributed by atoms with Crippen LogP contribution in [0.1, 0.15) is 24.8 Å². The number of carbonyl (C=O) groups excluding carboxylic acids is 2. The number of rotatable bonds is 6. The summed E-state index contributed by atoms with van der Waals surface area (Å²) >= 11 is 0. The Balaban J connectivity index is 1.46. The largest absolute Gasteiger partial charge is 0.456 e. The molecular weight excluding hydrogens is 368 g/mol. The molecule has 146 valence electrons. The highest BCUT2D eigenvalue weighted by atomic mass is 32.2. The minimum absolute atomic E-state index is 0.0490. The molecule has 0 bridgehead atoms. The average molecular weight is 392 g/mol. The molecule has 1 amide bonds. The highest BCUT2D eigenvalue weighted by Crippen LogP contribution is 2.25. The van der Waals surface area contributed by atoms with E-state index in [-0.39, 0.29) is 18.1 Å². The number of hydrogen-bond donors (Lipinski definition) is 1. The number of carbonyl (C=O) groups is 2. The first-order valence-electron chi connectivity index (χ1n) is 9.04. The lowest BCUT2D eigenvalue weighted by atomic mass is 10.1. The van der Waals surface area contributed by atoms with E-state index in [1.807, 2.05) is 25.1 Å². The van der Waals surface area contributed by atoms with E-state index >= 15 is 0 Å². The molecule has 2 aliphatic heterocycles. The van der Waals surface area contributed by atoms with Gasteiger partial charge < -0.3 is 15.0 Å². The molecule has 1 N–H and O–H groups in total. The molecule has 0 saturated carbocycles. The lowest BCUT2D eigenvalue weighted by molar-refractivity contribution is -0.147. The number of nitrogens with one attached hydrogen (secondary N) is 1. The second kappa shape index (κ2) is 8.12. The summed E-state index contributed by atoms with van der Waals surface area (Å²) < 4.78 is 27.6. The monoisotopic (exact) mass is 392 g/mol. The minimum atomic E-state index is -3.20. The number of sulfone groups is 1. The molecule has 0 radical (unpaired) electrons. The fourth-order valence-corrected chi connectivity index (χ4v) is 4.73. The number of anilines is 2. The van der Waals surface area contributed by atoms with E-state index in [4.69, 9.17) is 4.74 Å². The Hall–Kier alpha value is -2.35. The van der Waals surface area contributed by atoms with Gasteiger partial charge in [0.1, 0.15) is 0 Å². The number of hydrogen-bond acceptors (Lipinski definition) is 6. The Morgan fingerprint density at radius 1 is 1.26 bits per heavy atom. The number of benzene rings is 1. The molecular formula is C19H24N2O5S. The molecule has 1 aromatic rings. The summed E-state index contributed by atoms with van der Waals surface area (Å²) in [4.78, 5) is 26.1. The lowest BCUT2D eigenvalue weighted by Crippen LogP contribution is -2.23. The predicted octanol–water partition coefficient (Wildman–Crippen LogP) is 2.03. The normalized spacial score (nSPS) is 20.6. The van der Waals surface area contributed by atoms with Crippen molar-refractivity contribution in [2.75, 3.05) is 35.7 Å². The van der Waals surface area contributed by atoms with Crippen molar-refractivity contribution in [2.45, 2.75) is 26.2 Å². The molecule has 1 aromatic carbocycles. The van der Waals surface area contributed by atoms with Crippen LogP contribution in [0.25, 0.3) is 0 Å². The number of esters is 1. The maximum absolute atomic E-state index is 12.0. The molecule has 2 aliphatic rings. The van der Waals surface area contributed by atoms with Gasteiger partial charge in [0.2, 0.25) is 0 Å². The fraction of sp³-hybridized carbons (Fsp3) is 0.474. The van der Waals surface area contributed by atoms with Crippen LogP contribution in [-0.2, 0) is 24.2 Å². The third kappa shape index (κ3) is 5.32. The molecule has 8 heteroatoms. The molecule has 1 saturated heterocycles. The summed E-state index contributed by atoms with van der Waals surface area (Å²) in [5.74, 6) is -1.48. The van der Waals surface area contributed by atoms with Crippen molar-refractivity contribution in [3.63, 3.8) is 0 Å². The molecule has 27 heavy (non-hydrogen) atoms. The minimum Gasteiger partial charge on any atom is -0.456 e. The summed E-state index contributed by atoms with van der Waals surface area (Å²) in [6.45, 7) is 3.64. The predicted molar refractivity (Wildman–Crippen MR) is 103 cm³/mol. The second-order valence-corrected chi connectivity index (χ2v) is 8.96. The molecule has 1 unspecified atom stereocenters. The van der Waals surface area contributed by atoms with E-state index < -0.39 is 28.3 Å². The Morgan fingerprint density at radius 3 is 2.63 bits per heavy atom. The van der Waals surface area contributed by atoms with Gasteiger partial charge in [0.05, 0.1) is 12.2 Å². The highest BCUT2D eigenvalue weighted by Gasteiger charge is 2.24. The first-order valence-corrected chi connectivity index (χ1v) is 10.8. The molecule has 0 aromatic heterocycles. The van der Waals surface area contributed by atoms with Crippen LogP contribution in [0.15, 0.2) is 29.7 Å². The zero-order valence-electron chi connectivity index (χ0n) is 15.3. The van der Waals surface area contributed by atoms with Crippen molar-refractivity contribution in [3.8, 4) is 0 Å². The molecule has 1 fully saturated rings. The molecule has 0 aliphatic carbocycles. The van der Waals surface area contributed by atoms with Gasteiger partial charge in [0.25, 0.3) is 5.91 Å². The number of nitrogens with zero attached hydrogens (tertiary/aromatic N) is 1. The molecule has 0 spiro atoms. The maximum atomic E-state index is 12.0. The van der Waals surface area contributed by atoms with E-state index in [0.29, 0.717) is 5.69 Å². The number of allylic oxidation sites excluding steroid dienone is 1. The topological polar surface area (TPSA) is 92.8 Å². The Kier molecular flexibility index (Phi) is 5.84. The van der Waals surface area contributed by atoms with E-state index in [2.05, 4.69) is 10.2 Å². The van der Waals surface area contributed by atoms with E-state index in [1.165, 1.54) is 18.9 Å². The average Bonchev–Trinajstić information content (AvgIpc) is 3.24. The van der Waals surface area contributed by atoms with Gasteiger partial charge in [-0.15, -0.1) is 0 Å². The van der Waals surface area contributed by atoms with Crippen LogP contribution in [0, 0.1) is 12.8 Å². The van der Waals surface area contributed by atoms with Crippen molar-refractivity contribution in [1.82, 2.24) is 0 Å². The van der Waals surface area contributed by atoms with E-state index in [1.54, 1.807) is 0 Å². The summed E-state index contributed by atoms with van der Waals surface area (Å²) in [6.07, 6.45) is 3.84. The van der Waals surface area contributed by atoms with Crippen LogP contribution in [0.4, 0.5) is 11.4 Å². The summed E-state index contributed by atoms with van der Waals surface area (Å²) in [5.41, 5.74) is 2.78. The first kappa shape index (κ1) is 19.4. The molecule has 2 heterocycles. The smallest absolute Gasteiger partial charge is 0.306 e. The summed E-state index contributed by atoms with van der Waals surface area (Å²) in [6, 6.07) is 5.88. The molecule has 1 atom stereocenters. The third-order valence-electron chi connectivity index (χ3n) is 4.75. The standard InChI is InChI=1S/C19H24N2O5S/c1-14-10-16(21-7-2-3-8-21)4-5-17(14)20-18(22)12-26-19(23)11-15-6-9-27(24,25)13-15/h4-6,9-10,15H,2-3,7-8,11-13H2,1H3,(H,20,22). The van der Waals surface area contributed by atoms with Crippen LogP contribution in [0.5, 0.6) is 0 Å². The summed E-state index contributed by atoms with van der Waals surface area (Å²) in [5, 5.41) is 3.86. The van der Waals surface area contributed by atoms with Gasteiger partial charge in [-0.05, 0) is 43.5 Å². The van der Waals surface area contributed by atoms with E-state index in [9.17, 15) is 18.0 Å².